The predicted octanol–water partition coefficient (Wildman–Crippen LogP) is 3.58. The summed E-state index contributed by atoms with van der Waals surface area (Å²) in [7, 11) is 4.73. The molecule has 0 saturated carbocycles. The van der Waals surface area contributed by atoms with E-state index in [4.69, 9.17) is 14.2 Å². The molecule has 2 aliphatic heterocycles. The van der Waals surface area contributed by atoms with Crippen LogP contribution in [0.25, 0.3) is 0 Å². The number of carbonyl (C=O) groups is 1. The minimum atomic E-state index is 0.0580. The molecule has 2 aliphatic rings. The predicted molar refractivity (Wildman–Crippen MR) is 110 cm³/mol. The van der Waals surface area contributed by atoms with Crippen LogP contribution >= 0.6 is 0 Å². The lowest BCUT2D eigenvalue weighted by atomic mass is 9.97. The van der Waals surface area contributed by atoms with Gasteiger partial charge in [0.25, 0.3) is 5.91 Å². The molecule has 156 valence electrons. The summed E-state index contributed by atoms with van der Waals surface area (Å²) in [5.74, 6) is 1.61. The number of likely N-dealkylation sites (tertiary alicyclic amines) is 2. The highest BCUT2D eigenvalue weighted by Crippen LogP contribution is 2.39. The van der Waals surface area contributed by atoms with E-state index >= 15 is 0 Å². The highest BCUT2D eigenvalue weighted by Gasteiger charge is 2.29. The maximum absolute atomic E-state index is 13.4. The Hall–Kier alpha value is -1.95. The van der Waals surface area contributed by atoms with Gasteiger partial charge in [0.15, 0.2) is 11.5 Å². The van der Waals surface area contributed by atoms with Gasteiger partial charge in [0, 0.05) is 24.7 Å². The summed E-state index contributed by atoms with van der Waals surface area (Å²) in [5, 5.41) is 0. The second kappa shape index (κ2) is 10.0. The van der Waals surface area contributed by atoms with Gasteiger partial charge in [0.1, 0.15) is 0 Å². The van der Waals surface area contributed by atoms with Crippen LogP contribution in [0.1, 0.15) is 55.3 Å². The fourth-order valence-corrected chi connectivity index (χ4v) is 4.45. The number of piperidine rings is 2. The summed E-state index contributed by atoms with van der Waals surface area (Å²) >= 11 is 0. The fourth-order valence-electron chi connectivity index (χ4n) is 4.45. The smallest absolute Gasteiger partial charge is 0.254 e. The van der Waals surface area contributed by atoms with Crippen LogP contribution < -0.4 is 14.2 Å². The average Bonchev–Trinajstić information content (AvgIpc) is 2.77. The van der Waals surface area contributed by atoms with Crippen molar-refractivity contribution < 1.29 is 19.0 Å². The van der Waals surface area contributed by atoms with Crippen molar-refractivity contribution in [3.05, 3.63) is 17.7 Å². The van der Waals surface area contributed by atoms with Crippen LogP contribution in [-0.2, 0) is 0 Å². The Morgan fingerprint density at radius 2 is 1.57 bits per heavy atom. The third-order valence-electron chi connectivity index (χ3n) is 6.03. The van der Waals surface area contributed by atoms with E-state index in [9.17, 15) is 4.79 Å². The standard InChI is InChI=1S/C22H34N2O4/c1-26-19-15-17(16-20(27-2)21(19)28-3)22(25)24-13-8-5-9-18(24)10-14-23-11-6-4-7-12-23/h15-16,18H,4-14H2,1-3H3/t18-/m1/s1. The first kappa shape index (κ1) is 20.8. The molecule has 6 heteroatoms. The molecule has 0 aliphatic carbocycles. The molecule has 0 bridgehead atoms. The molecule has 0 unspecified atom stereocenters. The average molecular weight is 391 g/mol. The summed E-state index contributed by atoms with van der Waals surface area (Å²) in [5.41, 5.74) is 0.597. The summed E-state index contributed by atoms with van der Waals surface area (Å²) < 4.78 is 16.2. The number of hydrogen-bond acceptors (Lipinski definition) is 5. The Bertz CT molecular complexity index is 633. The van der Waals surface area contributed by atoms with Crippen molar-refractivity contribution in [3.8, 4) is 17.2 Å². The van der Waals surface area contributed by atoms with E-state index in [0.717, 1.165) is 32.4 Å². The van der Waals surface area contributed by atoms with Crippen LogP contribution in [0.15, 0.2) is 12.1 Å². The Kier molecular flexibility index (Phi) is 7.43. The van der Waals surface area contributed by atoms with Crippen molar-refractivity contribution in [2.24, 2.45) is 0 Å². The highest BCUT2D eigenvalue weighted by atomic mass is 16.5. The molecule has 3 rings (SSSR count). The Morgan fingerprint density at radius 3 is 2.18 bits per heavy atom. The maximum Gasteiger partial charge on any atom is 0.254 e. The lowest BCUT2D eigenvalue weighted by Gasteiger charge is -2.37. The molecular weight excluding hydrogens is 356 g/mol. The molecule has 1 atom stereocenters. The first-order valence-electron chi connectivity index (χ1n) is 10.5. The molecule has 2 heterocycles. The molecule has 0 aromatic heterocycles. The quantitative estimate of drug-likeness (QED) is 0.712. The molecule has 28 heavy (non-hydrogen) atoms. The van der Waals surface area contributed by atoms with Gasteiger partial charge in [0.2, 0.25) is 5.75 Å². The first-order chi connectivity index (χ1) is 13.7. The van der Waals surface area contributed by atoms with Crippen LogP contribution in [0.2, 0.25) is 0 Å². The molecule has 0 N–H and O–H groups in total. The Balaban J connectivity index is 1.74. The van der Waals surface area contributed by atoms with Crippen molar-refractivity contribution in [2.45, 2.75) is 51.0 Å². The molecular formula is C22H34N2O4. The van der Waals surface area contributed by atoms with Crippen LogP contribution in [0.3, 0.4) is 0 Å². The van der Waals surface area contributed by atoms with Gasteiger partial charge in [-0.15, -0.1) is 0 Å². The molecule has 0 spiro atoms. The molecule has 2 fully saturated rings. The van der Waals surface area contributed by atoms with E-state index in [1.807, 2.05) is 0 Å². The monoisotopic (exact) mass is 390 g/mol. The molecule has 1 aromatic carbocycles. The van der Waals surface area contributed by atoms with Gasteiger partial charge in [0.05, 0.1) is 21.3 Å². The summed E-state index contributed by atoms with van der Waals surface area (Å²) in [4.78, 5) is 18.0. The minimum absolute atomic E-state index is 0.0580. The zero-order chi connectivity index (χ0) is 19.9. The van der Waals surface area contributed by atoms with Crippen molar-refractivity contribution >= 4 is 5.91 Å². The Morgan fingerprint density at radius 1 is 0.929 bits per heavy atom. The van der Waals surface area contributed by atoms with E-state index < -0.39 is 0 Å². The summed E-state index contributed by atoms with van der Waals surface area (Å²) in [6.07, 6.45) is 8.36. The van der Waals surface area contributed by atoms with Gasteiger partial charge in [-0.3, -0.25) is 4.79 Å². The SMILES string of the molecule is COc1cc(C(=O)N2CCCC[C@@H]2CCN2CCCCC2)cc(OC)c1OC. The van der Waals surface area contributed by atoms with Crippen molar-refractivity contribution in [3.63, 3.8) is 0 Å². The maximum atomic E-state index is 13.4. The number of methoxy groups -OCH3 is 3. The fraction of sp³-hybridized carbons (Fsp3) is 0.682. The van der Waals surface area contributed by atoms with E-state index in [1.165, 1.54) is 38.8 Å². The number of amides is 1. The van der Waals surface area contributed by atoms with Gasteiger partial charge in [-0.05, 0) is 63.7 Å². The van der Waals surface area contributed by atoms with E-state index in [-0.39, 0.29) is 5.91 Å². The minimum Gasteiger partial charge on any atom is -0.493 e. The van der Waals surface area contributed by atoms with Gasteiger partial charge in [-0.25, -0.2) is 0 Å². The number of benzene rings is 1. The molecule has 0 radical (unpaired) electrons. The summed E-state index contributed by atoms with van der Waals surface area (Å²) in [6, 6.07) is 3.84. The normalized spacial score (nSPS) is 20.7. The second-order valence-corrected chi connectivity index (χ2v) is 7.75. The van der Waals surface area contributed by atoms with Gasteiger partial charge in [-0.2, -0.15) is 0 Å². The molecule has 2 saturated heterocycles. The van der Waals surface area contributed by atoms with Gasteiger partial charge in [-0.1, -0.05) is 6.42 Å². The number of ether oxygens (including phenoxy) is 3. The van der Waals surface area contributed by atoms with Crippen LogP contribution in [-0.4, -0.2) is 69.3 Å². The van der Waals surface area contributed by atoms with E-state index in [1.54, 1.807) is 33.5 Å². The number of nitrogens with zero attached hydrogens (tertiary/aromatic N) is 2. The highest BCUT2D eigenvalue weighted by molar-refractivity contribution is 5.96. The summed E-state index contributed by atoms with van der Waals surface area (Å²) in [6.45, 7) is 4.31. The molecule has 1 aromatic rings. The number of hydrogen-bond donors (Lipinski definition) is 0. The van der Waals surface area contributed by atoms with Gasteiger partial charge >= 0.3 is 0 Å². The van der Waals surface area contributed by atoms with Crippen LogP contribution in [0.5, 0.6) is 17.2 Å². The topological polar surface area (TPSA) is 51.2 Å². The van der Waals surface area contributed by atoms with Crippen molar-refractivity contribution in [1.82, 2.24) is 9.80 Å². The third kappa shape index (κ3) is 4.72. The van der Waals surface area contributed by atoms with E-state index in [0.29, 0.717) is 28.9 Å². The van der Waals surface area contributed by atoms with Crippen LogP contribution in [0.4, 0.5) is 0 Å². The lowest BCUT2D eigenvalue weighted by Crippen LogP contribution is -2.45. The number of rotatable bonds is 7. The zero-order valence-corrected chi connectivity index (χ0v) is 17.5. The van der Waals surface area contributed by atoms with Crippen molar-refractivity contribution in [2.75, 3.05) is 47.5 Å². The van der Waals surface area contributed by atoms with E-state index in [2.05, 4.69) is 9.80 Å². The second-order valence-electron chi connectivity index (χ2n) is 7.75. The number of carbonyl (C=O) groups excluding carboxylic acids is 1. The molecule has 1 amide bonds. The third-order valence-corrected chi connectivity index (χ3v) is 6.03. The lowest BCUT2D eigenvalue weighted by molar-refractivity contribution is 0.0578. The Labute approximate surface area is 168 Å². The van der Waals surface area contributed by atoms with Gasteiger partial charge < -0.3 is 24.0 Å². The van der Waals surface area contributed by atoms with Crippen molar-refractivity contribution in [1.29, 1.82) is 0 Å². The van der Waals surface area contributed by atoms with Crippen LogP contribution in [0, 0.1) is 0 Å². The largest absolute Gasteiger partial charge is 0.493 e. The molecule has 6 nitrogen and oxygen atoms in total. The zero-order valence-electron chi connectivity index (χ0n) is 17.5. The first-order valence-corrected chi connectivity index (χ1v) is 10.5.